The molecule has 21 heavy (non-hydrogen) atoms. The first-order chi connectivity index (χ1) is 10.3. The SMILES string of the molecule is CCOc1cccc(N2CCN(c3nccs3)CC2)c1N. The molecule has 1 aromatic carbocycles. The van der Waals surface area contributed by atoms with Crippen LogP contribution in [-0.4, -0.2) is 37.8 Å². The lowest BCUT2D eigenvalue weighted by Crippen LogP contribution is -2.46. The number of benzene rings is 1. The van der Waals surface area contributed by atoms with Crippen molar-refractivity contribution in [2.45, 2.75) is 6.92 Å². The highest BCUT2D eigenvalue weighted by Gasteiger charge is 2.21. The molecule has 112 valence electrons. The third-order valence-corrected chi connectivity index (χ3v) is 4.49. The molecule has 0 atom stereocenters. The van der Waals surface area contributed by atoms with E-state index >= 15 is 0 Å². The Labute approximate surface area is 129 Å². The number of thiazole rings is 1. The monoisotopic (exact) mass is 304 g/mol. The van der Waals surface area contributed by atoms with Crippen LogP contribution in [0.3, 0.4) is 0 Å². The van der Waals surface area contributed by atoms with Gasteiger partial charge >= 0.3 is 0 Å². The summed E-state index contributed by atoms with van der Waals surface area (Å²) < 4.78 is 5.58. The van der Waals surface area contributed by atoms with Crippen molar-refractivity contribution in [1.29, 1.82) is 0 Å². The number of nitrogens with two attached hydrogens (primary N) is 1. The van der Waals surface area contributed by atoms with Crippen LogP contribution in [0.15, 0.2) is 29.8 Å². The molecule has 2 aromatic rings. The second-order valence-corrected chi connectivity index (χ2v) is 5.78. The zero-order valence-electron chi connectivity index (χ0n) is 12.2. The predicted molar refractivity (Wildman–Crippen MR) is 88.6 cm³/mol. The summed E-state index contributed by atoms with van der Waals surface area (Å²) in [6.07, 6.45) is 1.86. The van der Waals surface area contributed by atoms with Crippen molar-refractivity contribution < 1.29 is 4.74 Å². The molecule has 0 saturated carbocycles. The highest BCUT2D eigenvalue weighted by molar-refractivity contribution is 7.13. The number of nitrogen functional groups attached to an aromatic ring is 1. The Bertz CT molecular complexity index is 579. The van der Waals surface area contributed by atoms with Gasteiger partial charge in [-0.3, -0.25) is 0 Å². The van der Waals surface area contributed by atoms with Crippen molar-refractivity contribution in [3.63, 3.8) is 0 Å². The van der Waals surface area contributed by atoms with E-state index in [2.05, 4.69) is 20.9 Å². The maximum absolute atomic E-state index is 6.24. The van der Waals surface area contributed by atoms with Crippen LogP contribution in [-0.2, 0) is 0 Å². The first-order valence-electron chi connectivity index (χ1n) is 7.20. The maximum atomic E-state index is 6.24. The lowest BCUT2D eigenvalue weighted by molar-refractivity contribution is 0.342. The van der Waals surface area contributed by atoms with E-state index in [1.807, 2.05) is 30.6 Å². The Morgan fingerprint density at radius 2 is 2.00 bits per heavy atom. The molecular weight excluding hydrogens is 284 g/mol. The van der Waals surface area contributed by atoms with Crippen molar-refractivity contribution in [2.24, 2.45) is 0 Å². The summed E-state index contributed by atoms with van der Waals surface area (Å²) in [5.41, 5.74) is 8.05. The van der Waals surface area contributed by atoms with E-state index < -0.39 is 0 Å². The van der Waals surface area contributed by atoms with Crippen molar-refractivity contribution in [1.82, 2.24) is 4.98 Å². The Balaban J connectivity index is 1.71. The van der Waals surface area contributed by atoms with Crippen molar-refractivity contribution in [2.75, 3.05) is 48.3 Å². The lowest BCUT2D eigenvalue weighted by Gasteiger charge is -2.36. The Hall–Kier alpha value is -1.95. The van der Waals surface area contributed by atoms with Crippen LogP contribution in [0.4, 0.5) is 16.5 Å². The Kier molecular flexibility index (Phi) is 4.15. The van der Waals surface area contributed by atoms with Gasteiger partial charge in [-0.25, -0.2) is 4.98 Å². The molecule has 6 heteroatoms. The van der Waals surface area contributed by atoms with Gasteiger partial charge in [0, 0.05) is 37.8 Å². The summed E-state index contributed by atoms with van der Waals surface area (Å²) in [4.78, 5) is 9.02. The quantitative estimate of drug-likeness (QED) is 0.879. The third-order valence-electron chi connectivity index (χ3n) is 3.65. The molecular formula is C15H20N4OS. The number of hydrogen-bond donors (Lipinski definition) is 1. The predicted octanol–water partition coefficient (Wildman–Crippen LogP) is 2.45. The van der Waals surface area contributed by atoms with Crippen LogP contribution in [0.1, 0.15) is 6.92 Å². The molecule has 2 N–H and O–H groups in total. The highest BCUT2D eigenvalue weighted by Crippen LogP contribution is 2.33. The fourth-order valence-corrected chi connectivity index (χ4v) is 3.30. The Morgan fingerprint density at radius 1 is 1.24 bits per heavy atom. The van der Waals surface area contributed by atoms with Crippen LogP contribution < -0.4 is 20.3 Å². The fraction of sp³-hybridized carbons (Fsp3) is 0.400. The molecule has 1 saturated heterocycles. The standard InChI is InChI=1S/C15H20N4OS/c1-2-20-13-5-3-4-12(14(13)16)18-7-9-19(10-8-18)15-17-6-11-21-15/h3-6,11H,2,7-10,16H2,1H3. The van der Waals surface area contributed by atoms with Gasteiger partial charge in [-0.15, -0.1) is 11.3 Å². The molecule has 1 aromatic heterocycles. The van der Waals surface area contributed by atoms with Gasteiger partial charge in [-0.05, 0) is 19.1 Å². The van der Waals surface area contributed by atoms with Gasteiger partial charge in [0.25, 0.3) is 0 Å². The largest absolute Gasteiger partial charge is 0.492 e. The molecule has 2 heterocycles. The van der Waals surface area contributed by atoms with E-state index in [-0.39, 0.29) is 0 Å². The average molecular weight is 304 g/mol. The van der Waals surface area contributed by atoms with Crippen LogP contribution in [0.25, 0.3) is 0 Å². The van der Waals surface area contributed by atoms with Gasteiger partial charge < -0.3 is 20.3 Å². The first kappa shape index (κ1) is 14.0. The Morgan fingerprint density at radius 3 is 2.67 bits per heavy atom. The van der Waals surface area contributed by atoms with Gasteiger partial charge in [0.05, 0.1) is 18.0 Å². The number of para-hydroxylation sites is 1. The van der Waals surface area contributed by atoms with Crippen molar-refractivity contribution >= 4 is 27.8 Å². The van der Waals surface area contributed by atoms with Crippen LogP contribution >= 0.6 is 11.3 Å². The lowest BCUT2D eigenvalue weighted by atomic mass is 10.2. The smallest absolute Gasteiger partial charge is 0.185 e. The summed E-state index contributed by atoms with van der Waals surface area (Å²) in [6.45, 7) is 6.42. The number of rotatable bonds is 4. The molecule has 0 spiro atoms. The van der Waals surface area contributed by atoms with E-state index in [9.17, 15) is 0 Å². The van der Waals surface area contributed by atoms with Gasteiger partial charge in [-0.1, -0.05) is 6.07 Å². The third kappa shape index (κ3) is 2.90. The molecule has 0 radical (unpaired) electrons. The summed E-state index contributed by atoms with van der Waals surface area (Å²) in [7, 11) is 0. The zero-order valence-corrected chi connectivity index (χ0v) is 13.0. The van der Waals surface area contributed by atoms with E-state index in [0.717, 1.165) is 48.4 Å². The zero-order chi connectivity index (χ0) is 14.7. The van der Waals surface area contributed by atoms with Crippen LogP contribution in [0.2, 0.25) is 0 Å². The van der Waals surface area contributed by atoms with Gasteiger partial charge in [0.2, 0.25) is 0 Å². The molecule has 0 amide bonds. The summed E-state index contributed by atoms with van der Waals surface area (Å²) >= 11 is 1.69. The number of nitrogens with zero attached hydrogens (tertiary/aromatic N) is 3. The molecule has 1 aliphatic heterocycles. The number of piperazine rings is 1. The molecule has 0 unspecified atom stereocenters. The molecule has 0 aliphatic carbocycles. The maximum Gasteiger partial charge on any atom is 0.185 e. The second-order valence-electron chi connectivity index (χ2n) is 4.91. The fourth-order valence-electron chi connectivity index (χ4n) is 2.60. The minimum Gasteiger partial charge on any atom is -0.492 e. The second kappa shape index (κ2) is 6.22. The van der Waals surface area contributed by atoms with Gasteiger partial charge in [-0.2, -0.15) is 0 Å². The average Bonchev–Trinajstić information content (AvgIpc) is 3.04. The van der Waals surface area contributed by atoms with Crippen LogP contribution in [0.5, 0.6) is 5.75 Å². The van der Waals surface area contributed by atoms with E-state index in [1.54, 1.807) is 11.3 Å². The van der Waals surface area contributed by atoms with Crippen molar-refractivity contribution in [3.8, 4) is 5.75 Å². The van der Waals surface area contributed by atoms with E-state index in [1.165, 1.54) is 0 Å². The number of hydrogen-bond acceptors (Lipinski definition) is 6. The normalized spacial score (nSPS) is 15.3. The molecule has 1 fully saturated rings. The van der Waals surface area contributed by atoms with Gasteiger partial charge in [0.1, 0.15) is 5.75 Å². The minimum atomic E-state index is 0.630. The minimum absolute atomic E-state index is 0.630. The molecule has 0 bridgehead atoms. The van der Waals surface area contributed by atoms with Gasteiger partial charge in [0.15, 0.2) is 5.13 Å². The van der Waals surface area contributed by atoms with E-state index in [4.69, 9.17) is 10.5 Å². The van der Waals surface area contributed by atoms with Crippen LogP contribution in [0, 0.1) is 0 Å². The molecule has 5 nitrogen and oxygen atoms in total. The summed E-state index contributed by atoms with van der Waals surface area (Å²) in [6, 6.07) is 5.99. The van der Waals surface area contributed by atoms with E-state index in [0.29, 0.717) is 6.61 Å². The molecule has 1 aliphatic rings. The number of anilines is 3. The first-order valence-corrected chi connectivity index (χ1v) is 8.08. The molecule has 3 rings (SSSR count). The van der Waals surface area contributed by atoms with Crippen molar-refractivity contribution in [3.05, 3.63) is 29.8 Å². The highest BCUT2D eigenvalue weighted by atomic mass is 32.1. The number of aromatic nitrogens is 1. The number of ether oxygens (including phenoxy) is 1. The summed E-state index contributed by atoms with van der Waals surface area (Å²) in [5, 5.41) is 3.12. The topological polar surface area (TPSA) is 54.6 Å². The summed E-state index contributed by atoms with van der Waals surface area (Å²) in [5.74, 6) is 0.775.